The summed E-state index contributed by atoms with van der Waals surface area (Å²) in [6, 6.07) is 10.4. The maximum atomic E-state index is 12.7. The number of rotatable bonds is 7. The summed E-state index contributed by atoms with van der Waals surface area (Å²) < 4.78 is 65.8. The quantitative estimate of drug-likeness (QED) is 0.623. The third-order valence-electron chi connectivity index (χ3n) is 5.85. The van der Waals surface area contributed by atoms with Gasteiger partial charge in [-0.1, -0.05) is 17.7 Å². The fourth-order valence-corrected chi connectivity index (χ4v) is 4.92. The Labute approximate surface area is 192 Å². The van der Waals surface area contributed by atoms with E-state index in [2.05, 4.69) is 10.0 Å². The van der Waals surface area contributed by atoms with E-state index in [9.17, 15) is 26.4 Å². The van der Waals surface area contributed by atoms with Crippen LogP contribution in [0.3, 0.4) is 0 Å². The third kappa shape index (κ3) is 6.78. The summed E-state index contributed by atoms with van der Waals surface area (Å²) in [5.74, 6) is -0.282. The van der Waals surface area contributed by atoms with Gasteiger partial charge in [-0.05, 0) is 75.5 Å². The minimum Gasteiger partial charge on any atom is -0.325 e. The Balaban J connectivity index is 1.54. The van der Waals surface area contributed by atoms with Gasteiger partial charge in [-0.2, -0.15) is 13.2 Å². The zero-order chi connectivity index (χ0) is 24.2. The summed E-state index contributed by atoms with van der Waals surface area (Å²) in [4.78, 5) is 14.8. The van der Waals surface area contributed by atoms with Gasteiger partial charge in [0.05, 0.1) is 16.5 Å². The number of piperidine rings is 1. The lowest BCUT2D eigenvalue weighted by molar-refractivity contribution is -0.137. The van der Waals surface area contributed by atoms with Crippen LogP contribution in [0.15, 0.2) is 53.4 Å². The fraction of sp³-hybridized carbons (Fsp3) is 0.435. The van der Waals surface area contributed by atoms with Gasteiger partial charge in [0, 0.05) is 18.8 Å². The SMILES string of the molecule is Cc1ccc(S(=O)(=O)NCC2CCCN(C(C)C(=O)Nc3ccc(C(F)(F)F)cc3)C2)cc1. The lowest BCUT2D eigenvalue weighted by Crippen LogP contribution is -2.48. The van der Waals surface area contributed by atoms with Gasteiger partial charge in [0.15, 0.2) is 0 Å². The number of aryl methyl sites for hydroxylation is 1. The molecule has 0 radical (unpaired) electrons. The monoisotopic (exact) mass is 483 g/mol. The van der Waals surface area contributed by atoms with Crippen LogP contribution in [0.1, 0.15) is 30.9 Å². The maximum Gasteiger partial charge on any atom is 0.416 e. The Morgan fingerprint density at radius 1 is 1.12 bits per heavy atom. The van der Waals surface area contributed by atoms with E-state index >= 15 is 0 Å². The molecule has 0 aromatic heterocycles. The summed E-state index contributed by atoms with van der Waals surface area (Å²) in [6.45, 7) is 5.11. The highest BCUT2D eigenvalue weighted by Gasteiger charge is 2.31. The molecule has 2 aromatic rings. The van der Waals surface area contributed by atoms with Crippen LogP contribution in [0.2, 0.25) is 0 Å². The van der Waals surface area contributed by atoms with E-state index in [1.165, 1.54) is 12.1 Å². The topological polar surface area (TPSA) is 78.5 Å². The Bertz CT molecular complexity index is 1060. The van der Waals surface area contributed by atoms with Gasteiger partial charge in [0.1, 0.15) is 0 Å². The largest absolute Gasteiger partial charge is 0.416 e. The first-order valence-electron chi connectivity index (χ1n) is 10.7. The van der Waals surface area contributed by atoms with Crippen molar-refractivity contribution in [2.75, 3.05) is 25.0 Å². The molecule has 0 spiro atoms. The van der Waals surface area contributed by atoms with Crippen LogP contribution in [-0.2, 0) is 21.0 Å². The van der Waals surface area contributed by atoms with Crippen LogP contribution < -0.4 is 10.0 Å². The first-order valence-corrected chi connectivity index (χ1v) is 12.2. The van der Waals surface area contributed by atoms with Crippen molar-refractivity contribution >= 4 is 21.6 Å². The molecule has 0 saturated carbocycles. The van der Waals surface area contributed by atoms with Crippen LogP contribution in [0.4, 0.5) is 18.9 Å². The van der Waals surface area contributed by atoms with Crippen molar-refractivity contribution in [3.05, 3.63) is 59.7 Å². The summed E-state index contributed by atoms with van der Waals surface area (Å²) >= 11 is 0. The normalized spacial score (nSPS) is 18.6. The number of nitrogens with one attached hydrogen (secondary N) is 2. The number of carbonyl (C=O) groups excluding carboxylic acids is 1. The predicted octanol–water partition coefficient (Wildman–Crippen LogP) is 4.03. The van der Waals surface area contributed by atoms with Gasteiger partial charge in [0.25, 0.3) is 0 Å². The Morgan fingerprint density at radius 3 is 2.36 bits per heavy atom. The van der Waals surface area contributed by atoms with Crippen LogP contribution in [0.5, 0.6) is 0 Å². The van der Waals surface area contributed by atoms with Gasteiger partial charge in [-0.25, -0.2) is 13.1 Å². The molecule has 0 bridgehead atoms. The molecule has 1 heterocycles. The third-order valence-corrected chi connectivity index (χ3v) is 7.29. The number of anilines is 1. The number of halogens is 3. The second-order valence-corrected chi connectivity index (χ2v) is 10.2. The van der Waals surface area contributed by atoms with Gasteiger partial charge in [-0.3, -0.25) is 9.69 Å². The fourth-order valence-electron chi connectivity index (χ4n) is 3.80. The number of amides is 1. The molecule has 10 heteroatoms. The lowest BCUT2D eigenvalue weighted by Gasteiger charge is -2.36. The molecule has 2 atom stereocenters. The lowest BCUT2D eigenvalue weighted by atomic mass is 9.97. The zero-order valence-electron chi connectivity index (χ0n) is 18.5. The highest BCUT2D eigenvalue weighted by atomic mass is 32.2. The van der Waals surface area contributed by atoms with Crippen LogP contribution in [-0.4, -0.2) is 44.9 Å². The van der Waals surface area contributed by atoms with E-state index in [0.29, 0.717) is 18.8 Å². The molecule has 1 saturated heterocycles. The molecule has 2 aromatic carbocycles. The predicted molar refractivity (Wildman–Crippen MR) is 120 cm³/mol. The molecule has 1 amide bonds. The standard InChI is InChI=1S/C23H28F3N3O3S/c1-16-5-11-21(12-6-16)33(31,32)27-14-18-4-3-13-29(15-18)17(2)22(30)28-20-9-7-19(8-10-20)23(24,25)26/h5-12,17-18,27H,3-4,13-15H2,1-2H3,(H,28,30). The first kappa shape index (κ1) is 25.2. The minimum absolute atomic E-state index is 0.0419. The van der Waals surface area contributed by atoms with Crippen LogP contribution in [0.25, 0.3) is 0 Å². The molecule has 1 fully saturated rings. The highest BCUT2D eigenvalue weighted by molar-refractivity contribution is 7.89. The number of likely N-dealkylation sites (tertiary alicyclic amines) is 1. The maximum absolute atomic E-state index is 12.7. The van der Waals surface area contributed by atoms with E-state index in [4.69, 9.17) is 0 Å². The number of benzene rings is 2. The van der Waals surface area contributed by atoms with Crippen LogP contribution >= 0.6 is 0 Å². The number of hydrogen-bond acceptors (Lipinski definition) is 4. The van der Waals surface area contributed by atoms with E-state index < -0.39 is 27.8 Å². The van der Waals surface area contributed by atoms with Crippen molar-refractivity contribution in [2.45, 2.75) is 43.8 Å². The molecule has 2 N–H and O–H groups in total. The summed E-state index contributed by atoms with van der Waals surface area (Å²) in [7, 11) is -3.61. The smallest absolute Gasteiger partial charge is 0.325 e. The number of carbonyl (C=O) groups is 1. The van der Waals surface area contributed by atoms with Crippen molar-refractivity contribution in [3.63, 3.8) is 0 Å². The van der Waals surface area contributed by atoms with Gasteiger partial charge in [-0.15, -0.1) is 0 Å². The summed E-state index contributed by atoms with van der Waals surface area (Å²) in [5.41, 5.74) is 0.486. The molecule has 1 aliphatic heterocycles. The molecule has 1 aliphatic rings. The van der Waals surface area contributed by atoms with Crippen molar-refractivity contribution in [1.82, 2.24) is 9.62 Å². The molecule has 2 unspecified atom stereocenters. The van der Waals surface area contributed by atoms with E-state index in [0.717, 1.165) is 30.5 Å². The van der Waals surface area contributed by atoms with Gasteiger partial charge >= 0.3 is 6.18 Å². The zero-order valence-corrected chi connectivity index (χ0v) is 19.3. The minimum atomic E-state index is -4.43. The number of sulfonamides is 1. The van der Waals surface area contributed by atoms with E-state index in [1.807, 2.05) is 11.8 Å². The number of hydrogen-bond donors (Lipinski definition) is 2. The average Bonchev–Trinajstić information content (AvgIpc) is 2.77. The van der Waals surface area contributed by atoms with Gasteiger partial charge < -0.3 is 5.32 Å². The average molecular weight is 484 g/mol. The molecule has 33 heavy (non-hydrogen) atoms. The Hall–Kier alpha value is -2.43. The van der Waals surface area contributed by atoms with Crippen molar-refractivity contribution in [3.8, 4) is 0 Å². The van der Waals surface area contributed by atoms with Crippen LogP contribution in [0, 0.1) is 12.8 Å². The number of alkyl halides is 3. The summed E-state index contributed by atoms with van der Waals surface area (Å²) in [5, 5.41) is 2.66. The number of nitrogens with zero attached hydrogens (tertiary/aromatic N) is 1. The van der Waals surface area contributed by atoms with Crippen molar-refractivity contribution in [1.29, 1.82) is 0 Å². The molecule has 180 valence electrons. The molecule has 6 nitrogen and oxygen atoms in total. The summed E-state index contributed by atoms with van der Waals surface area (Å²) in [6.07, 6.45) is -2.78. The molecule has 0 aliphatic carbocycles. The molecular formula is C23H28F3N3O3S. The highest BCUT2D eigenvalue weighted by Crippen LogP contribution is 2.30. The second kappa shape index (κ2) is 10.2. The molecule has 3 rings (SSSR count). The Morgan fingerprint density at radius 2 is 1.76 bits per heavy atom. The van der Waals surface area contributed by atoms with Crippen molar-refractivity contribution < 1.29 is 26.4 Å². The van der Waals surface area contributed by atoms with Gasteiger partial charge in [0.2, 0.25) is 15.9 Å². The first-order chi connectivity index (χ1) is 15.5. The second-order valence-electron chi connectivity index (χ2n) is 8.41. The molecular weight excluding hydrogens is 455 g/mol. The van der Waals surface area contributed by atoms with E-state index in [-0.39, 0.29) is 23.3 Å². The Kier molecular flexibility index (Phi) is 7.81. The van der Waals surface area contributed by atoms with Crippen molar-refractivity contribution in [2.24, 2.45) is 5.92 Å². The van der Waals surface area contributed by atoms with E-state index in [1.54, 1.807) is 31.2 Å².